The standard InChI is InChI=1S/C14H34O4Si2.C4H6O2/c1-19(2,3)11-8-14(13(16)12-15)17-9-7-10-18-20(4,5)6;1-3(2)4(5)6/h13-16H,7-12H2,1-6H3;1H2,2H3,(H,5,6). The van der Waals surface area contributed by atoms with Crippen LogP contribution < -0.4 is 0 Å². The van der Waals surface area contributed by atoms with Gasteiger partial charge < -0.3 is 24.5 Å². The quantitative estimate of drug-likeness (QED) is 0.260. The third-order valence-electron chi connectivity index (χ3n) is 3.32. The molecule has 6 nitrogen and oxygen atoms in total. The largest absolute Gasteiger partial charge is 0.478 e. The van der Waals surface area contributed by atoms with E-state index in [1.807, 2.05) is 0 Å². The van der Waals surface area contributed by atoms with Gasteiger partial charge in [-0.3, -0.25) is 0 Å². The van der Waals surface area contributed by atoms with Crippen LogP contribution in [0.25, 0.3) is 0 Å². The van der Waals surface area contributed by atoms with Crippen LogP contribution in [0.15, 0.2) is 12.2 Å². The van der Waals surface area contributed by atoms with Crippen molar-refractivity contribution in [1.82, 2.24) is 0 Å². The predicted molar refractivity (Wildman–Crippen MR) is 112 cm³/mol. The van der Waals surface area contributed by atoms with E-state index in [0.717, 1.165) is 18.9 Å². The first-order valence-corrected chi connectivity index (χ1v) is 16.2. The van der Waals surface area contributed by atoms with Crippen molar-refractivity contribution in [3.05, 3.63) is 12.2 Å². The van der Waals surface area contributed by atoms with Crippen LogP contribution in [0.4, 0.5) is 0 Å². The van der Waals surface area contributed by atoms with Gasteiger partial charge in [-0.2, -0.15) is 0 Å². The smallest absolute Gasteiger partial charge is 0.330 e. The maximum absolute atomic E-state index is 9.82. The van der Waals surface area contributed by atoms with E-state index in [-0.39, 0.29) is 18.3 Å². The summed E-state index contributed by atoms with van der Waals surface area (Å²) in [7, 11) is -2.59. The minimum atomic E-state index is -1.44. The number of aliphatic hydroxyl groups is 2. The predicted octanol–water partition coefficient (Wildman–Crippen LogP) is 3.34. The van der Waals surface area contributed by atoms with Crippen LogP contribution >= 0.6 is 0 Å². The molecule has 2 atom stereocenters. The SMILES string of the molecule is C=C(C)C(=O)O.C[Si](C)(C)CCC(OCCCO[Si](C)(C)C)C(O)CO. The molecule has 0 fully saturated rings. The average Bonchev–Trinajstić information content (AvgIpc) is 2.47. The van der Waals surface area contributed by atoms with Crippen LogP contribution in [0.1, 0.15) is 19.8 Å². The van der Waals surface area contributed by atoms with E-state index in [0.29, 0.717) is 13.2 Å². The molecular formula is C18H40O6Si2. The maximum Gasteiger partial charge on any atom is 0.330 e. The summed E-state index contributed by atoms with van der Waals surface area (Å²) < 4.78 is 11.5. The van der Waals surface area contributed by atoms with Crippen molar-refractivity contribution in [1.29, 1.82) is 0 Å². The third-order valence-corrected chi connectivity index (χ3v) is 6.17. The fourth-order valence-electron chi connectivity index (χ4n) is 1.75. The Morgan fingerprint density at radius 3 is 1.96 bits per heavy atom. The third kappa shape index (κ3) is 19.8. The zero-order valence-electron chi connectivity index (χ0n) is 17.7. The molecule has 0 radical (unpaired) electrons. The zero-order valence-corrected chi connectivity index (χ0v) is 19.7. The monoisotopic (exact) mass is 408 g/mol. The average molecular weight is 409 g/mol. The molecule has 2 unspecified atom stereocenters. The van der Waals surface area contributed by atoms with Gasteiger partial charge in [0.1, 0.15) is 6.10 Å². The van der Waals surface area contributed by atoms with Crippen LogP contribution in [0.5, 0.6) is 0 Å². The Hall–Kier alpha value is -0.516. The van der Waals surface area contributed by atoms with Crippen molar-refractivity contribution in [2.45, 2.75) is 77.3 Å². The van der Waals surface area contributed by atoms with Gasteiger partial charge in [0.25, 0.3) is 0 Å². The Balaban J connectivity index is 0. The second-order valence-electron chi connectivity index (χ2n) is 8.66. The van der Waals surface area contributed by atoms with Crippen molar-refractivity contribution in [3.8, 4) is 0 Å². The van der Waals surface area contributed by atoms with Gasteiger partial charge >= 0.3 is 5.97 Å². The minimum absolute atomic E-state index is 0.176. The van der Waals surface area contributed by atoms with Gasteiger partial charge in [-0.15, -0.1) is 0 Å². The van der Waals surface area contributed by atoms with E-state index in [2.05, 4.69) is 45.9 Å². The molecule has 0 aliphatic carbocycles. The molecule has 0 amide bonds. The molecule has 8 heteroatoms. The highest BCUT2D eigenvalue weighted by Gasteiger charge is 2.23. The summed E-state index contributed by atoms with van der Waals surface area (Å²) in [4.78, 5) is 9.60. The topological polar surface area (TPSA) is 96.2 Å². The molecule has 0 saturated heterocycles. The summed E-state index contributed by atoms with van der Waals surface area (Å²) in [6, 6.07) is 1.10. The second-order valence-corrected chi connectivity index (χ2v) is 18.8. The Bertz CT molecular complexity index is 389. The van der Waals surface area contributed by atoms with Crippen LogP contribution in [0.3, 0.4) is 0 Å². The lowest BCUT2D eigenvalue weighted by Gasteiger charge is -2.25. The van der Waals surface area contributed by atoms with E-state index in [9.17, 15) is 9.90 Å². The maximum atomic E-state index is 9.82. The van der Waals surface area contributed by atoms with Gasteiger partial charge in [-0.1, -0.05) is 32.3 Å². The molecule has 0 rings (SSSR count). The molecule has 0 bridgehead atoms. The highest BCUT2D eigenvalue weighted by atomic mass is 28.4. The summed E-state index contributed by atoms with van der Waals surface area (Å²) in [5.74, 6) is -0.935. The Morgan fingerprint density at radius 1 is 1.12 bits per heavy atom. The number of carboxylic acids is 1. The summed E-state index contributed by atoms with van der Waals surface area (Å²) in [5.41, 5.74) is 0.176. The van der Waals surface area contributed by atoms with Crippen LogP contribution in [-0.2, 0) is 14.0 Å². The molecule has 3 N–H and O–H groups in total. The molecule has 0 aromatic heterocycles. The number of aliphatic hydroxyl groups excluding tert-OH is 2. The summed E-state index contributed by atoms with van der Waals surface area (Å²) in [5, 5.41) is 26.8. The van der Waals surface area contributed by atoms with Crippen molar-refractivity contribution < 1.29 is 29.3 Å². The van der Waals surface area contributed by atoms with Gasteiger partial charge in [0.15, 0.2) is 8.32 Å². The number of hydrogen-bond donors (Lipinski definition) is 3. The second kappa shape index (κ2) is 13.6. The molecule has 0 aromatic rings. The first kappa shape index (κ1) is 27.7. The summed E-state index contributed by atoms with van der Waals surface area (Å²) in [6.07, 6.45) is 0.640. The van der Waals surface area contributed by atoms with Crippen LogP contribution in [0, 0.1) is 0 Å². The Labute approximate surface area is 161 Å². The number of carboxylic acid groups (broad SMARTS) is 1. The molecule has 0 aliphatic rings. The van der Waals surface area contributed by atoms with Crippen molar-refractivity contribution >= 4 is 22.4 Å². The summed E-state index contributed by atoms with van der Waals surface area (Å²) >= 11 is 0. The van der Waals surface area contributed by atoms with Crippen LogP contribution in [-0.4, -0.2) is 69.7 Å². The molecular weight excluding hydrogens is 368 g/mol. The highest BCUT2D eigenvalue weighted by Crippen LogP contribution is 2.17. The number of carbonyl (C=O) groups is 1. The number of rotatable bonds is 12. The lowest BCUT2D eigenvalue weighted by molar-refractivity contribution is -0.132. The molecule has 0 spiro atoms. The fraction of sp³-hybridized carbons (Fsp3) is 0.833. The Kier molecular flexibility index (Phi) is 14.5. The molecule has 156 valence electrons. The minimum Gasteiger partial charge on any atom is -0.478 e. The molecule has 0 heterocycles. The van der Waals surface area contributed by atoms with E-state index in [1.165, 1.54) is 6.92 Å². The van der Waals surface area contributed by atoms with Crippen molar-refractivity contribution in [2.75, 3.05) is 19.8 Å². The van der Waals surface area contributed by atoms with E-state index in [4.69, 9.17) is 19.4 Å². The number of hydrogen-bond acceptors (Lipinski definition) is 5. The highest BCUT2D eigenvalue weighted by molar-refractivity contribution is 6.76. The number of aliphatic carboxylic acids is 1. The normalized spacial score (nSPS) is 14.2. The Morgan fingerprint density at radius 2 is 1.62 bits per heavy atom. The molecule has 0 aliphatic heterocycles. The van der Waals surface area contributed by atoms with Crippen molar-refractivity contribution in [2.24, 2.45) is 0 Å². The van der Waals surface area contributed by atoms with E-state index >= 15 is 0 Å². The lowest BCUT2D eigenvalue weighted by atomic mass is 10.1. The first-order chi connectivity index (χ1) is 11.7. The van der Waals surface area contributed by atoms with Gasteiger partial charge in [0.05, 0.1) is 12.7 Å². The van der Waals surface area contributed by atoms with Crippen LogP contribution in [0.2, 0.25) is 45.3 Å². The van der Waals surface area contributed by atoms with E-state index in [1.54, 1.807) is 0 Å². The molecule has 26 heavy (non-hydrogen) atoms. The van der Waals surface area contributed by atoms with Gasteiger partial charge in [0.2, 0.25) is 0 Å². The van der Waals surface area contributed by atoms with Gasteiger partial charge in [-0.05, 0) is 39.4 Å². The zero-order chi connectivity index (χ0) is 21.0. The first-order valence-electron chi connectivity index (χ1n) is 9.13. The van der Waals surface area contributed by atoms with E-state index < -0.39 is 28.5 Å². The van der Waals surface area contributed by atoms with Gasteiger partial charge in [0, 0.05) is 26.9 Å². The van der Waals surface area contributed by atoms with Gasteiger partial charge in [-0.25, -0.2) is 4.79 Å². The molecule has 0 saturated carbocycles. The summed E-state index contributed by atoms with van der Waals surface area (Å²) in [6.45, 7) is 19.1. The fourth-order valence-corrected chi connectivity index (χ4v) is 3.66. The number of ether oxygens (including phenoxy) is 1. The van der Waals surface area contributed by atoms with Crippen molar-refractivity contribution in [3.63, 3.8) is 0 Å². The molecule has 0 aromatic carbocycles. The lowest BCUT2D eigenvalue weighted by Crippen LogP contribution is -2.35.